The Morgan fingerprint density at radius 2 is 2.07 bits per heavy atom. The van der Waals surface area contributed by atoms with Crippen molar-refractivity contribution in [2.24, 2.45) is 5.73 Å². The van der Waals surface area contributed by atoms with Gasteiger partial charge in [0.1, 0.15) is 13.2 Å². The maximum Gasteiger partial charge on any atom is 0.404 e. The summed E-state index contributed by atoms with van der Waals surface area (Å²) in [6.45, 7) is 2.88. The average molecular weight is 204 g/mol. The van der Waals surface area contributed by atoms with E-state index in [9.17, 15) is 9.59 Å². The van der Waals surface area contributed by atoms with Crippen molar-refractivity contribution < 1.29 is 19.1 Å². The zero-order chi connectivity index (χ0) is 10.8. The third kappa shape index (κ3) is 8.79. The topological polar surface area (TPSA) is 90.7 Å². The lowest BCUT2D eigenvalue weighted by Gasteiger charge is -2.05. The minimum absolute atomic E-state index is 0.0322. The van der Waals surface area contributed by atoms with Crippen LogP contribution < -0.4 is 11.1 Å². The average Bonchev–Trinajstić information content (AvgIpc) is 2.13. The highest BCUT2D eigenvalue weighted by molar-refractivity contribution is 5.77. The Labute approximate surface area is 82.7 Å². The molecular weight excluding hydrogens is 188 g/mol. The van der Waals surface area contributed by atoms with E-state index in [1.165, 1.54) is 0 Å². The molecule has 6 heteroatoms. The summed E-state index contributed by atoms with van der Waals surface area (Å²) in [4.78, 5) is 21.1. The van der Waals surface area contributed by atoms with Gasteiger partial charge in [-0.15, -0.1) is 0 Å². The normalized spacial score (nSPS) is 9.50. The van der Waals surface area contributed by atoms with Crippen LogP contribution in [0.2, 0.25) is 0 Å². The van der Waals surface area contributed by atoms with Crippen LogP contribution in [0.1, 0.15) is 13.3 Å². The monoisotopic (exact) mass is 204 g/mol. The van der Waals surface area contributed by atoms with Gasteiger partial charge in [-0.1, -0.05) is 6.92 Å². The quantitative estimate of drug-likeness (QED) is 0.553. The minimum atomic E-state index is -0.846. The fraction of sp³-hybridized carbons (Fsp3) is 0.750. The van der Waals surface area contributed by atoms with Gasteiger partial charge < -0.3 is 20.5 Å². The molecule has 14 heavy (non-hydrogen) atoms. The lowest BCUT2D eigenvalue weighted by molar-refractivity contribution is -0.125. The maximum atomic E-state index is 11.0. The molecule has 0 saturated carbocycles. The zero-order valence-electron chi connectivity index (χ0n) is 8.25. The van der Waals surface area contributed by atoms with Crippen LogP contribution in [0.5, 0.6) is 0 Å². The van der Waals surface area contributed by atoms with Crippen molar-refractivity contribution in [3.05, 3.63) is 0 Å². The van der Waals surface area contributed by atoms with E-state index in [0.29, 0.717) is 6.61 Å². The smallest absolute Gasteiger partial charge is 0.404 e. The summed E-state index contributed by atoms with van der Waals surface area (Å²) in [5, 5.41) is 2.50. The molecule has 0 aromatic carbocycles. The largest absolute Gasteiger partial charge is 0.448 e. The first-order valence-corrected chi connectivity index (χ1v) is 4.43. The van der Waals surface area contributed by atoms with Crippen LogP contribution in [0.4, 0.5) is 4.79 Å². The number of nitrogens with one attached hydrogen (secondary N) is 1. The molecule has 82 valence electrons. The van der Waals surface area contributed by atoms with Gasteiger partial charge >= 0.3 is 6.09 Å². The first kappa shape index (κ1) is 12.7. The summed E-state index contributed by atoms with van der Waals surface area (Å²) in [5.74, 6) is -0.230. The molecule has 0 fully saturated rings. The second kappa shape index (κ2) is 8.31. The molecule has 0 aliphatic heterocycles. The Hall–Kier alpha value is -1.30. The summed E-state index contributed by atoms with van der Waals surface area (Å²) in [5.41, 5.74) is 4.71. The Morgan fingerprint density at radius 1 is 1.36 bits per heavy atom. The summed E-state index contributed by atoms with van der Waals surface area (Å²) in [7, 11) is 0. The highest BCUT2D eigenvalue weighted by atomic mass is 16.5. The molecule has 0 aliphatic rings. The van der Waals surface area contributed by atoms with Gasteiger partial charge in [-0.05, 0) is 6.42 Å². The number of amides is 2. The van der Waals surface area contributed by atoms with Crippen molar-refractivity contribution >= 4 is 12.0 Å². The predicted octanol–water partition coefficient (Wildman–Crippen LogP) is -0.375. The molecular formula is C8H16N2O4. The number of ether oxygens (including phenoxy) is 2. The molecule has 0 radical (unpaired) electrons. The van der Waals surface area contributed by atoms with Crippen LogP contribution in [-0.2, 0) is 14.3 Å². The van der Waals surface area contributed by atoms with E-state index < -0.39 is 6.09 Å². The number of hydrogen-bond acceptors (Lipinski definition) is 4. The molecule has 0 bridgehead atoms. The van der Waals surface area contributed by atoms with Crippen LogP contribution in [0.3, 0.4) is 0 Å². The third-order valence-corrected chi connectivity index (χ3v) is 1.25. The van der Waals surface area contributed by atoms with Gasteiger partial charge in [-0.25, -0.2) is 4.79 Å². The first-order valence-electron chi connectivity index (χ1n) is 4.43. The summed E-state index contributed by atoms with van der Waals surface area (Å²) < 4.78 is 9.38. The Bertz CT molecular complexity index is 184. The molecule has 0 aromatic heterocycles. The van der Waals surface area contributed by atoms with E-state index in [1.54, 1.807) is 0 Å². The fourth-order valence-electron chi connectivity index (χ4n) is 0.702. The van der Waals surface area contributed by atoms with E-state index in [1.807, 2.05) is 6.92 Å². The molecule has 0 saturated heterocycles. The lowest BCUT2D eigenvalue weighted by Crippen LogP contribution is -2.31. The fourth-order valence-corrected chi connectivity index (χ4v) is 0.702. The number of rotatable bonds is 7. The molecule has 0 aromatic rings. The number of primary amides is 1. The maximum absolute atomic E-state index is 11.0. The van der Waals surface area contributed by atoms with Crippen LogP contribution in [-0.4, -0.2) is 38.4 Å². The standard InChI is InChI=1S/C8H16N2O4/c1-2-4-13-6-7(11)10-3-5-14-8(9)12/h2-6H2,1H3,(H2,9,12)(H,10,11). The summed E-state index contributed by atoms with van der Waals surface area (Å²) in [6.07, 6.45) is 0.0272. The van der Waals surface area contributed by atoms with Crippen LogP contribution >= 0.6 is 0 Å². The van der Waals surface area contributed by atoms with Crippen molar-refractivity contribution in [2.75, 3.05) is 26.4 Å². The van der Waals surface area contributed by atoms with Gasteiger partial charge in [-0.3, -0.25) is 4.79 Å². The van der Waals surface area contributed by atoms with E-state index >= 15 is 0 Å². The molecule has 6 nitrogen and oxygen atoms in total. The predicted molar refractivity (Wildman–Crippen MR) is 49.7 cm³/mol. The SMILES string of the molecule is CCCOCC(=O)NCCOC(N)=O. The number of carbonyl (C=O) groups is 2. The molecule has 2 amide bonds. The number of carbonyl (C=O) groups excluding carboxylic acids is 2. The van der Waals surface area contributed by atoms with Gasteiger partial charge in [0.05, 0.1) is 6.54 Å². The van der Waals surface area contributed by atoms with Gasteiger partial charge in [0.2, 0.25) is 5.91 Å². The Balaban J connectivity index is 3.22. The highest BCUT2D eigenvalue weighted by Gasteiger charge is 2.00. The first-order chi connectivity index (χ1) is 6.66. The Morgan fingerprint density at radius 3 is 2.64 bits per heavy atom. The van der Waals surface area contributed by atoms with E-state index in [4.69, 9.17) is 10.5 Å². The van der Waals surface area contributed by atoms with Crippen LogP contribution in [0.15, 0.2) is 0 Å². The molecule has 0 rings (SSSR count). The third-order valence-electron chi connectivity index (χ3n) is 1.25. The van der Waals surface area contributed by atoms with Crippen molar-refractivity contribution in [1.29, 1.82) is 0 Å². The lowest BCUT2D eigenvalue weighted by atomic mass is 10.5. The molecule has 0 unspecified atom stereocenters. The molecule has 0 spiro atoms. The van der Waals surface area contributed by atoms with Crippen LogP contribution in [0.25, 0.3) is 0 Å². The molecule has 0 atom stereocenters. The van der Waals surface area contributed by atoms with E-state index in [2.05, 4.69) is 10.1 Å². The van der Waals surface area contributed by atoms with Gasteiger partial charge in [0, 0.05) is 6.61 Å². The van der Waals surface area contributed by atoms with Crippen LogP contribution in [0, 0.1) is 0 Å². The Kier molecular flexibility index (Phi) is 7.53. The zero-order valence-corrected chi connectivity index (χ0v) is 8.25. The van der Waals surface area contributed by atoms with Gasteiger partial charge in [0.15, 0.2) is 0 Å². The van der Waals surface area contributed by atoms with Crippen molar-refractivity contribution in [2.45, 2.75) is 13.3 Å². The molecule has 0 heterocycles. The summed E-state index contributed by atoms with van der Waals surface area (Å²) >= 11 is 0. The number of hydrogen-bond donors (Lipinski definition) is 2. The van der Waals surface area contributed by atoms with Gasteiger partial charge in [0.25, 0.3) is 0 Å². The second-order valence-corrected chi connectivity index (χ2v) is 2.57. The molecule has 0 aliphatic carbocycles. The van der Waals surface area contributed by atoms with Crippen molar-refractivity contribution in [3.8, 4) is 0 Å². The highest BCUT2D eigenvalue weighted by Crippen LogP contribution is 1.80. The minimum Gasteiger partial charge on any atom is -0.448 e. The molecule has 3 N–H and O–H groups in total. The van der Waals surface area contributed by atoms with E-state index in [-0.39, 0.29) is 25.7 Å². The van der Waals surface area contributed by atoms with E-state index in [0.717, 1.165) is 6.42 Å². The number of nitrogens with two attached hydrogens (primary N) is 1. The second-order valence-electron chi connectivity index (χ2n) is 2.57. The summed E-state index contributed by atoms with van der Waals surface area (Å²) in [6, 6.07) is 0. The van der Waals surface area contributed by atoms with Crippen molar-refractivity contribution in [1.82, 2.24) is 5.32 Å². The van der Waals surface area contributed by atoms with Crippen molar-refractivity contribution in [3.63, 3.8) is 0 Å². The van der Waals surface area contributed by atoms with Gasteiger partial charge in [-0.2, -0.15) is 0 Å².